The maximum atomic E-state index is 3.64. The van der Waals surface area contributed by atoms with Crippen LogP contribution in [0.3, 0.4) is 0 Å². The first-order chi connectivity index (χ1) is 9.47. The van der Waals surface area contributed by atoms with Crippen LogP contribution in [-0.2, 0) is 6.54 Å². The molecule has 0 heterocycles. The van der Waals surface area contributed by atoms with Gasteiger partial charge in [-0.1, -0.05) is 47.5 Å². The fourth-order valence-corrected chi connectivity index (χ4v) is 2.80. The van der Waals surface area contributed by atoms with E-state index in [-0.39, 0.29) is 0 Å². The second-order valence-corrected chi connectivity index (χ2v) is 5.89. The van der Waals surface area contributed by atoms with E-state index < -0.39 is 0 Å². The summed E-state index contributed by atoms with van der Waals surface area (Å²) in [6, 6.07) is 13.6. The van der Waals surface area contributed by atoms with Crippen LogP contribution in [0.5, 0.6) is 0 Å². The first-order valence-electron chi connectivity index (χ1n) is 7.34. The Morgan fingerprint density at radius 3 is 2.15 bits per heavy atom. The average Bonchev–Trinajstić information content (AvgIpc) is 2.37. The lowest BCUT2D eigenvalue weighted by molar-refractivity contribution is 0.572. The molecular weight excluding hydrogens is 242 g/mol. The van der Waals surface area contributed by atoms with E-state index in [0.717, 1.165) is 6.54 Å². The average molecular weight is 267 g/mol. The first kappa shape index (κ1) is 14.8. The molecule has 2 rings (SSSR count). The molecular formula is C19H25N. The molecule has 20 heavy (non-hydrogen) atoms. The summed E-state index contributed by atoms with van der Waals surface area (Å²) in [6.45, 7) is 11.9. The minimum absolute atomic E-state index is 0.370. The Balaban J connectivity index is 2.09. The quantitative estimate of drug-likeness (QED) is 0.841. The molecule has 1 heteroatoms. The van der Waals surface area contributed by atoms with Crippen molar-refractivity contribution in [1.82, 2.24) is 5.32 Å². The monoisotopic (exact) mass is 267 g/mol. The van der Waals surface area contributed by atoms with Gasteiger partial charge in [-0.25, -0.2) is 0 Å². The fourth-order valence-electron chi connectivity index (χ4n) is 2.80. The summed E-state index contributed by atoms with van der Waals surface area (Å²) in [5.74, 6) is 0. The zero-order valence-corrected chi connectivity index (χ0v) is 13.2. The van der Waals surface area contributed by atoms with E-state index in [2.05, 4.69) is 76.3 Å². The summed E-state index contributed by atoms with van der Waals surface area (Å²) in [5, 5.41) is 3.64. The van der Waals surface area contributed by atoms with Crippen molar-refractivity contribution in [1.29, 1.82) is 0 Å². The van der Waals surface area contributed by atoms with Gasteiger partial charge in [-0.05, 0) is 56.9 Å². The van der Waals surface area contributed by atoms with Crippen molar-refractivity contribution in [2.24, 2.45) is 0 Å². The van der Waals surface area contributed by atoms with E-state index in [4.69, 9.17) is 0 Å². The van der Waals surface area contributed by atoms with Crippen molar-refractivity contribution in [3.05, 3.63) is 69.8 Å². The first-order valence-corrected chi connectivity index (χ1v) is 7.34. The van der Waals surface area contributed by atoms with E-state index in [0.29, 0.717) is 6.04 Å². The molecule has 0 amide bonds. The van der Waals surface area contributed by atoms with Crippen LogP contribution >= 0.6 is 0 Å². The van der Waals surface area contributed by atoms with Crippen LogP contribution in [0.15, 0.2) is 36.4 Å². The van der Waals surface area contributed by atoms with Crippen molar-refractivity contribution in [3.8, 4) is 0 Å². The van der Waals surface area contributed by atoms with Crippen LogP contribution < -0.4 is 5.32 Å². The molecule has 1 atom stereocenters. The fraction of sp³-hybridized carbons (Fsp3) is 0.368. The molecule has 0 radical (unpaired) electrons. The van der Waals surface area contributed by atoms with Crippen LogP contribution in [0, 0.1) is 27.7 Å². The SMILES string of the molecule is Cc1cccc([C@@H](C)NCc2c(C)cc(C)cc2C)c1. The molecule has 2 aromatic rings. The summed E-state index contributed by atoms with van der Waals surface area (Å²) < 4.78 is 0. The van der Waals surface area contributed by atoms with Crippen LogP contribution in [-0.4, -0.2) is 0 Å². The highest BCUT2D eigenvalue weighted by Gasteiger charge is 2.08. The summed E-state index contributed by atoms with van der Waals surface area (Å²) in [5.41, 5.74) is 8.20. The van der Waals surface area contributed by atoms with Crippen molar-refractivity contribution in [3.63, 3.8) is 0 Å². The summed E-state index contributed by atoms with van der Waals surface area (Å²) in [6.07, 6.45) is 0. The molecule has 1 N–H and O–H groups in total. The van der Waals surface area contributed by atoms with Gasteiger partial charge in [0, 0.05) is 12.6 Å². The van der Waals surface area contributed by atoms with E-state index >= 15 is 0 Å². The maximum Gasteiger partial charge on any atom is 0.0295 e. The highest BCUT2D eigenvalue weighted by molar-refractivity contribution is 5.37. The molecule has 0 saturated carbocycles. The molecule has 0 spiro atoms. The third-order valence-electron chi connectivity index (χ3n) is 3.97. The Bertz CT molecular complexity index is 575. The summed E-state index contributed by atoms with van der Waals surface area (Å²) in [4.78, 5) is 0. The lowest BCUT2D eigenvalue weighted by atomic mass is 9.99. The largest absolute Gasteiger partial charge is 0.306 e. The molecule has 0 saturated heterocycles. The lowest BCUT2D eigenvalue weighted by Crippen LogP contribution is -2.19. The van der Waals surface area contributed by atoms with Gasteiger partial charge in [0.2, 0.25) is 0 Å². The molecule has 0 bridgehead atoms. The van der Waals surface area contributed by atoms with Gasteiger partial charge in [0.15, 0.2) is 0 Å². The standard InChI is InChI=1S/C19H25N/c1-13-7-6-8-18(11-13)17(5)20-12-19-15(3)9-14(2)10-16(19)4/h6-11,17,20H,12H2,1-5H3/t17-/m1/s1. The van der Waals surface area contributed by atoms with E-state index in [1.165, 1.54) is 33.4 Å². The number of nitrogens with one attached hydrogen (secondary N) is 1. The number of rotatable bonds is 4. The van der Waals surface area contributed by atoms with Crippen molar-refractivity contribution in [2.75, 3.05) is 0 Å². The van der Waals surface area contributed by atoms with Gasteiger partial charge in [-0.2, -0.15) is 0 Å². The zero-order valence-electron chi connectivity index (χ0n) is 13.2. The Labute approximate surface area is 123 Å². The molecule has 1 nitrogen and oxygen atoms in total. The Morgan fingerprint density at radius 2 is 1.55 bits per heavy atom. The van der Waals surface area contributed by atoms with Crippen molar-refractivity contribution < 1.29 is 0 Å². The molecule has 106 valence electrons. The van der Waals surface area contributed by atoms with Gasteiger partial charge in [0.25, 0.3) is 0 Å². The molecule has 0 aliphatic carbocycles. The minimum Gasteiger partial charge on any atom is -0.306 e. The van der Waals surface area contributed by atoms with Gasteiger partial charge in [0.1, 0.15) is 0 Å². The van der Waals surface area contributed by atoms with Crippen LogP contribution in [0.25, 0.3) is 0 Å². The Kier molecular flexibility index (Phi) is 4.61. The third kappa shape index (κ3) is 3.49. The smallest absolute Gasteiger partial charge is 0.0295 e. The molecule has 0 aromatic heterocycles. The van der Waals surface area contributed by atoms with Crippen LogP contribution in [0.4, 0.5) is 0 Å². The van der Waals surface area contributed by atoms with Gasteiger partial charge in [0.05, 0.1) is 0 Å². The number of hydrogen-bond acceptors (Lipinski definition) is 1. The van der Waals surface area contributed by atoms with Gasteiger partial charge in [-0.3, -0.25) is 0 Å². The van der Waals surface area contributed by atoms with Gasteiger partial charge < -0.3 is 5.32 Å². The maximum absolute atomic E-state index is 3.64. The van der Waals surface area contributed by atoms with E-state index in [9.17, 15) is 0 Å². The summed E-state index contributed by atoms with van der Waals surface area (Å²) >= 11 is 0. The van der Waals surface area contributed by atoms with Crippen molar-refractivity contribution >= 4 is 0 Å². The van der Waals surface area contributed by atoms with Crippen LogP contribution in [0.1, 0.15) is 46.3 Å². The Hall–Kier alpha value is -1.60. The van der Waals surface area contributed by atoms with Gasteiger partial charge >= 0.3 is 0 Å². The molecule has 0 aliphatic rings. The number of aryl methyl sites for hydroxylation is 4. The van der Waals surface area contributed by atoms with E-state index in [1.54, 1.807) is 0 Å². The lowest BCUT2D eigenvalue weighted by Gasteiger charge is -2.18. The van der Waals surface area contributed by atoms with Gasteiger partial charge in [-0.15, -0.1) is 0 Å². The topological polar surface area (TPSA) is 12.0 Å². The predicted molar refractivity (Wildman–Crippen MR) is 87.1 cm³/mol. The second-order valence-electron chi connectivity index (χ2n) is 5.89. The van der Waals surface area contributed by atoms with E-state index in [1.807, 2.05) is 0 Å². The predicted octanol–water partition coefficient (Wildman–Crippen LogP) is 4.77. The highest BCUT2D eigenvalue weighted by Crippen LogP contribution is 2.19. The number of benzene rings is 2. The van der Waals surface area contributed by atoms with Crippen molar-refractivity contribution in [2.45, 2.75) is 47.2 Å². The highest BCUT2D eigenvalue weighted by atomic mass is 14.9. The number of hydrogen-bond donors (Lipinski definition) is 1. The molecule has 0 fully saturated rings. The Morgan fingerprint density at radius 1 is 0.900 bits per heavy atom. The zero-order chi connectivity index (χ0) is 14.7. The second kappa shape index (κ2) is 6.23. The molecule has 2 aromatic carbocycles. The summed E-state index contributed by atoms with van der Waals surface area (Å²) in [7, 11) is 0. The van der Waals surface area contributed by atoms with Crippen LogP contribution in [0.2, 0.25) is 0 Å². The molecule has 0 unspecified atom stereocenters. The minimum atomic E-state index is 0.370. The third-order valence-corrected chi connectivity index (χ3v) is 3.97. The molecule has 0 aliphatic heterocycles. The normalized spacial score (nSPS) is 12.4.